The zero-order valence-electron chi connectivity index (χ0n) is 10.3. The van der Waals surface area contributed by atoms with Crippen LogP contribution in [0.5, 0.6) is 0 Å². The Morgan fingerprint density at radius 1 is 1.61 bits per heavy atom. The largest absolute Gasteiger partial charge is 0.477 e. The maximum Gasteiger partial charge on any atom is 0.347 e. The molecule has 0 bridgehead atoms. The first kappa shape index (κ1) is 12.7. The van der Waals surface area contributed by atoms with Crippen LogP contribution < -0.4 is 0 Å². The van der Waals surface area contributed by atoms with Crippen LogP contribution in [0.2, 0.25) is 0 Å². The van der Waals surface area contributed by atoms with E-state index in [2.05, 4.69) is 10.1 Å². The molecule has 0 aromatic carbocycles. The summed E-state index contributed by atoms with van der Waals surface area (Å²) in [6.07, 6.45) is 1.83. The third kappa shape index (κ3) is 2.27. The second-order valence-corrected chi connectivity index (χ2v) is 4.83. The number of methoxy groups -OCH3 is 1. The highest BCUT2D eigenvalue weighted by Crippen LogP contribution is 2.30. The molecular formula is C11H13N3O3S. The second-order valence-electron chi connectivity index (χ2n) is 3.83. The number of aryl methyl sites for hydroxylation is 2. The number of aromatic nitrogens is 3. The van der Waals surface area contributed by atoms with E-state index in [0.717, 1.165) is 22.6 Å². The van der Waals surface area contributed by atoms with Gasteiger partial charge in [0.25, 0.3) is 0 Å². The summed E-state index contributed by atoms with van der Waals surface area (Å²) in [7, 11) is 3.33. The van der Waals surface area contributed by atoms with E-state index in [1.54, 1.807) is 4.68 Å². The van der Waals surface area contributed by atoms with Crippen molar-refractivity contribution in [3.63, 3.8) is 0 Å². The van der Waals surface area contributed by atoms with Crippen molar-refractivity contribution in [2.24, 2.45) is 7.05 Å². The van der Waals surface area contributed by atoms with Gasteiger partial charge < -0.3 is 9.84 Å². The molecule has 0 aliphatic rings. The van der Waals surface area contributed by atoms with Gasteiger partial charge >= 0.3 is 5.97 Å². The molecule has 96 valence electrons. The van der Waals surface area contributed by atoms with Gasteiger partial charge in [-0.1, -0.05) is 0 Å². The van der Waals surface area contributed by atoms with Crippen molar-refractivity contribution in [1.29, 1.82) is 0 Å². The number of nitrogens with zero attached hydrogens (tertiary/aromatic N) is 3. The normalized spacial score (nSPS) is 10.8. The number of carboxylic acids is 1. The molecule has 0 aliphatic heterocycles. The molecule has 2 aromatic heterocycles. The summed E-state index contributed by atoms with van der Waals surface area (Å²) in [5.74, 6) is -0.979. The van der Waals surface area contributed by atoms with Crippen LogP contribution in [0.3, 0.4) is 0 Å². The predicted molar refractivity (Wildman–Crippen MR) is 66.7 cm³/mol. The topological polar surface area (TPSA) is 77.2 Å². The smallest absolute Gasteiger partial charge is 0.347 e. The van der Waals surface area contributed by atoms with E-state index in [1.807, 2.05) is 20.2 Å². The summed E-state index contributed by atoms with van der Waals surface area (Å²) >= 11 is 1.14. The predicted octanol–water partition coefficient (Wildman–Crippen LogP) is 1.70. The number of hydrogen-bond acceptors (Lipinski definition) is 5. The molecule has 0 saturated carbocycles. The first-order valence-electron chi connectivity index (χ1n) is 5.25. The maximum atomic E-state index is 11.1. The molecular weight excluding hydrogens is 254 g/mol. The lowest BCUT2D eigenvalue weighted by atomic mass is 10.3. The lowest BCUT2D eigenvalue weighted by molar-refractivity contribution is 0.0697. The highest BCUT2D eigenvalue weighted by molar-refractivity contribution is 7.17. The van der Waals surface area contributed by atoms with Crippen molar-refractivity contribution in [2.75, 3.05) is 7.11 Å². The number of hydrogen-bond donors (Lipinski definition) is 1. The Labute approximate surface area is 108 Å². The number of ether oxygens (including phenoxy) is 1. The summed E-state index contributed by atoms with van der Waals surface area (Å²) in [4.78, 5) is 15.7. The lowest BCUT2D eigenvalue weighted by Gasteiger charge is -1.94. The van der Waals surface area contributed by atoms with Gasteiger partial charge in [0.05, 0.1) is 23.6 Å². The Morgan fingerprint density at radius 2 is 2.33 bits per heavy atom. The van der Waals surface area contributed by atoms with Gasteiger partial charge in [-0.3, -0.25) is 4.68 Å². The summed E-state index contributed by atoms with van der Waals surface area (Å²) in [6, 6.07) is 0. The molecule has 0 fully saturated rings. The van der Waals surface area contributed by atoms with Gasteiger partial charge in [0.1, 0.15) is 9.88 Å². The average Bonchev–Trinajstić information content (AvgIpc) is 2.83. The van der Waals surface area contributed by atoms with Crippen molar-refractivity contribution in [2.45, 2.75) is 13.5 Å². The average molecular weight is 267 g/mol. The van der Waals surface area contributed by atoms with E-state index in [9.17, 15) is 4.79 Å². The van der Waals surface area contributed by atoms with Gasteiger partial charge in [-0.2, -0.15) is 5.10 Å². The highest BCUT2D eigenvalue weighted by atomic mass is 32.1. The molecule has 1 N–H and O–H groups in total. The number of aromatic carboxylic acids is 1. The molecule has 2 rings (SSSR count). The van der Waals surface area contributed by atoms with Gasteiger partial charge in [0.2, 0.25) is 0 Å². The Morgan fingerprint density at radius 3 is 2.83 bits per heavy atom. The van der Waals surface area contributed by atoms with Gasteiger partial charge in [-0.25, -0.2) is 9.78 Å². The minimum Gasteiger partial charge on any atom is -0.477 e. The minimum atomic E-state index is -0.979. The first-order chi connectivity index (χ1) is 8.52. The van der Waals surface area contributed by atoms with E-state index in [0.29, 0.717) is 10.7 Å². The second kappa shape index (κ2) is 4.87. The third-order valence-electron chi connectivity index (χ3n) is 2.42. The molecule has 6 nitrogen and oxygen atoms in total. The maximum absolute atomic E-state index is 11.1. The van der Waals surface area contributed by atoms with Crippen LogP contribution in [0.4, 0.5) is 0 Å². The molecule has 0 atom stereocenters. The molecule has 0 spiro atoms. The zero-order chi connectivity index (χ0) is 13.3. The van der Waals surface area contributed by atoms with Crippen LogP contribution >= 0.6 is 11.3 Å². The fraction of sp³-hybridized carbons (Fsp3) is 0.364. The number of rotatable bonds is 4. The zero-order valence-corrected chi connectivity index (χ0v) is 11.1. The monoisotopic (exact) mass is 267 g/mol. The quantitative estimate of drug-likeness (QED) is 0.912. The fourth-order valence-electron chi connectivity index (χ4n) is 1.68. The molecule has 0 aliphatic carbocycles. The van der Waals surface area contributed by atoms with Gasteiger partial charge in [0.15, 0.2) is 0 Å². The molecule has 0 radical (unpaired) electrons. The highest BCUT2D eigenvalue weighted by Gasteiger charge is 2.19. The lowest BCUT2D eigenvalue weighted by Crippen LogP contribution is -1.99. The SMILES string of the molecule is COCc1nc(-c2cn(C)nc2C)sc1C(=O)O. The van der Waals surface area contributed by atoms with Crippen LogP contribution in [-0.4, -0.2) is 33.0 Å². The van der Waals surface area contributed by atoms with Crippen LogP contribution in [0.25, 0.3) is 10.6 Å². The minimum absolute atomic E-state index is 0.192. The number of carboxylic acid groups (broad SMARTS) is 1. The molecule has 2 aromatic rings. The van der Waals surface area contributed by atoms with Crippen LogP contribution in [0.1, 0.15) is 21.1 Å². The van der Waals surface area contributed by atoms with E-state index in [1.165, 1.54) is 7.11 Å². The van der Waals surface area contributed by atoms with Crippen molar-refractivity contribution in [1.82, 2.24) is 14.8 Å². The van der Waals surface area contributed by atoms with Crippen molar-refractivity contribution < 1.29 is 14.6 Å². The first-order valence-corrected chi connectivity index (χ1v) is 6.07. The van der Waals surface area contributed by atoms with Crippen LogP contribution in [0, 0.1) is 6.92 Å². The number of carbonyl (C=O) groups is 1. The molecule has 0 amide bonds. The van der Waals surface area contributed by atoms with Crippen LogP contribution in [-0.2, 0) is 18.4 Å². The van der Waals surface area contributed by atoms with E-state index in [4.69, 9.17) is 9.84 Å². The molecule has 7 heteroatoms. The van der Waals surface area contributed by atoms with Crippen LogP contribution in [0.15, 0.2) is 6.20 Å². The van der Waals surface area contributed by atoms with Gasteiger partial charge in [-0.05, 0) is 6.92 Å². The summed E-state index contributed by atoms with van der Waals surface area (Å²) in [5, 5.41) is 14.0. The number of thiazole rings is 1. The third-order valence-corrected chi connectivity index (χ3v) is 3.54. The Kier molecular flexibility index (Phi) is 3.44. The van der Waals surface area contributed by atoms with Crippen molar-refractivity contribution in [3.05, 3.63) is 22.5 Å². The van der Waals surface area contributed by atoms with E-state index in [-0.39, 0.29) is 11.5 Å². The van der Waals surface area contributed by atoms with Gasteiger partial charge in [-0.15, -0.1) is 11.3 Å². The molecule has 2 heterocycles. The Balaban J connectivity index is 2.49. The molecule has 0 unspecified atom stereocenters. The summed E-state index contributed by atoms with van der Waals surface area (Å²) in [6.45, 7) is 2.06. The van der Waals surface area contributed by atoms with E-state index >= 15 is 0 Å². The van der Waals surface area contributed by atoms with Gasteiger partial charge in [0, 0.05) is 20.4 Å². The molecule has 18 heavy (non-hydrogen) atoms. The summed E-state index contributed by atoms with van der Waals surface area (Å²) < 4.78 is 6.65. The summed E-state index contributed by atoms with van der Waals surface area (Å²) in [5.41, 5.74) is 2.13. The van der Waals surface area contributed by atoms with E-state index < -0.39 is 5.97 Å². The Hall–Kier alpha value is -1.73. The van der Waals surface area contributed by atoms with Crippen molar-refractivity contribution >= 4 is 17.3 Å². The molecule has 0 saturated heterocycles. The van der Waals surface area contributed by atoms with Crippen molar-refractivity contribution in [3.8, 4) is 10.6 Å². The fourth-order valence-corrected chi connectivity index (χ4v) is 2.65. The Bertz CT molecular complexity index is 588. The standard InChI is InChI=1S/C11H13N3O3S/c1-6-7(4-14(2)13-6)10-12-8(5-17-3)9(18-10)11(15)16/h4H,5H2,1-3H3,(H,15,16).